The van der Waals surface area contributed by atoms with Crippen LogP contribution in [0.25, 0.3) is 0 Å². The van der Waals surface area contributed by atoms with Crippen LogP contribution in [0.4, 0.5) is 0 Å². The second-order valence-corrected chi connectivity index (χ2v) is 5.48. The van der Waals surface area contributed by atoms with Crippen molar-refractivity contribution < 1.29 is 18.3 Å². The van der Waals surface area contributed by atoms with Crippen molar-refractivity contribution in [3.63, 3.8) is 0 Å². The molecule has 1 unspecified atom stereocenters. The first kappa shape index (κ1) is 12.4. The maximum absolute atomic E-state index is 11.3. The number of rotatable bonds is 7. The standard InChI is InChI=1S/C8H16N2O4S/c1-6(4-8(11)12)5-9-15(13,14)10-7-2-3-7/h6-7,9-10H,2-5H2,1H3,(H,11,12). The molecule has 0 aromatic heterocycles. The molecular formula is C8H16N2O4S. The summed E-state index contributed by atoms with van der Waals surface area (Å²) in [6.07, 6.45) is 1.73. The van der Waals surface area contributed by atoms with Gasteiger partial charge in [-0.3, -0.25) is 4.79 Å². The van der Waals surface area contributed by atoms with E-state index in [-0.39, 0.29) is 24.9 Å². The molecule has 0 aromatic carbocycles. The number of aliphatic carboxylic acids is 1. The quantitative estimate of drug-likeness (QED) is 0.564. The van der Waals surface area contributed by atoms with Crippen molar-refractivity contribution >= 4 is 16.2 Å². The van der Waals surface area contributed by atoms with Crippen LogP contribution in [-0.2, 0) is 15.0 Å². The summed E-state index contributed by atoms with van der Waals surface area (Å²) in [5.74, 6) is -1.13. The smallest absolute Gasteiger partial charge is 0.303 e. The molecule has 15 heavy (non-hydrogen) atoms. The highest BCUT2D eigenvalue weighted by Gasteiger charge is 2.26. The molecule has 7 heteroatoms. The van der Waals surface area contributed by atoms with E-state index in [4.69, 9.17) is 5.11 Å². The molecule has 1 saturated carbocycles. The highest BCUT2D eigenvalue weighted by Crippen LogP contribution is 2.19. The minimum Gasteiger partial charge on any atom is -0.481 e. The molecular weight excluding hydrogens is 220 g/mol. The van der Waals surface area contributed by atoms with E-state index < -0.39 is 16.2 Å². The maximum Gasteiger partial charge on any atom is 0.303 e. The Bertz CT molecular complexity index is 324. The van der Waals surface area contributed by atoms with Crippen molar-refractivity contribution in [1.82, 2.24) is 9.44 Å². The SMILES string of the molecule is CC(CNS(=O)(=O)NC1CC1)CC(=O)O. The average molecular weight is 236 g/mol. The normalized spacial score (nSPS) is 18.7. The van der Waals surface area contributed by atoms with E-state index in [0.717, 1.165) is 12.8 Å². The monoisotopic (exact) mass is 236 g/mol. The van der Waals surface area contributed by atoms with Gasteiger partial charge in [0.2, 0.25) is 0 Å². The van der Waals surface area contributed by atoms with Gasteiger partial charge in [0, 0.05) is 19.0 Å². The van der Waals surface area contributed by atoms with Crippen LogP contribution in [0.2, 0.25) is 0 Å². The summed E-state index contributed by atoms with van der Waals surface area (Å²) in [6, 6.07) is 0.0669. The van der Waals surface area contributed by atoms with Crippen LogP contribution in [0.1, 0.15) is 26.2 Å². The van der Waals surface area contributed by atoms with Gasteiger partial charge in [-0.15, -0.1) is 0 Å². The summed E-state index contributed by atoms with van der Waals surface area (Å²) < 4.78 is 27.4. The fourth-order valence-corrected chi connectivity index (χ4v) is 2.35. The second-order valence-electron chi connectivity index (χ2n) is 3.95. The molecule has 0 heterocycles. The van der Waals surface area contributed by atoms with Gasteiger partial charge in [0.1, 0.15) is 0 Å². The summed E-state index contributed by atoms with van der Waals surface area (Å²) in [5.41, 5.74) is 0. The van der Waals surface area contributed by atoms with E-state index in [2.05, 4.69) is 9.44 Å². The Morgan fingerprint density at radius 2 is 2.13 bits per heavy atom. The molecule has 0 aromatic rings. The van der Waals surface area contributed by atoms with Gasteiger partial charge in [-0.2, -0.15) is 13.1 Å². The first-order valence-electron chi connectivity index (χ1n) is 4.88. The van der Waals surface area contributed by atoms with Gasteiger partial charge in [0.25, 0.3) is 10.2 Å². The Morgan fingerprint density at radius 3 is 2.60 bits per heavy atom. The largest absolute Gasteiger partial charge is 0.481 e. The Balaban J connectivity index is 2.25. The van der Waals surface area contributed by atoms with Crippen LogP contribution in [-0.4, -0.2) is 32.1 Å². The van der Waals surface area contributed by atoms with Crippen molar-refractivity contribution in [2.24, 2.45) is 5.92 Å². The summed E-state index contributed by atoms with van der Waals surface area (Å²) >= 11 is 0. The van der Waals surface area contributed by atoms with E-state index >= 15 is 0 Å². The first-order chi connectivity index (χ1) is 6.89. The lowest BCUT2D eigenvalue weighted by Gasteiger charge is -2.11. The number of hydrogen-bond acceptors (Lipinski definition) is 3. The number of carboxylic acid groups (broad SMARTS) is 1. The van der Waals surface area contributed by atoms with E-state index in [1.807, 2.05) is 0 Å². The summed E-state index contributed by atoms with van der Waals surface area (Å²) in [4.78, 5) is 10.3. The van der Waals surface area contributed by atoms with Gasteiger partial charge in [-0.1, -0.05) is 6.92 Å². The zero-order valence-corrected chi connectivity index (χ0v) is 9.38. The summed E-state index contributed by atoms with van der Waals surface area (Å²) in [6.45, 7) is 1.84. The molecule has 1 rings (SSSR count). The molecule has 1 aliphatic carbocycles. The van der Waals surface area contributed by atoms with Crippen LogP contribution in [0.3, 0.4) is 0 Å². The zero-order chi connectivity index (χ0) is 11.5. The molecule has 0 spiro atoms. The second kappa shape index (κ2) is 4.91. The van der Waals surface area contributed by atoms with E-state index in [0.29, 0.717) is 0 Å². The molecule has 0 bridgehead atoms. The van der Waals surface area contributed by atoms with Crippen molar-refractivity contribution in [2.45, 2.75) is 32.2 Å². The van der Waals surface area contributed by atoms with E-state index in [1.54, 1.807) is 6.92 Å². The van der Waals surface area contributed by atoms with Gasteiger partial charge >= 0.3 is 5.97 Å². The predicted molar refractivity (Wildman–Crippen MR) is 54.5 cm³/mol. The fourth-order valence-electron chi connectivity index (χ4n) is 1.08. The van der Waals surface area contributed by atoms with Crippen LogP contribution in [0, 0.1) is 5.92 Å². The molecule has 1 aliphatic rings. The highest BCUT2D eigenvalue weighted by molar-refractivity contribution is 7.87. The lowest BCUT2D eigenvalue weighted by atomic mass is 10.1. The molecule has 0 aliphatic heterocycles. The molecule has 1 fully saturated rings. The Morgan fingerprint density at radius 1 is 1.53 bits per heavy atom. The van der Waals surface area contributed by atoms with Gasteiger partial charge in [-0.25, -0.2) is 4.72 Å². The third-order valence-electron chi connectivity index (χ3n) is 2.04. The zero-order valence-electron chi connectivity index (χ0n) is 8.56. The van der Waals surface area contributed by atoms with Crippen molar-refractivity contribution in [1.29, 1.82) is 0 Å². The molecule has 0 saturated heterocycles. The summed E-state index contributed by atoms with van der Waals surface area (Å²) in [5, 5.41) is 8.48. The van der Waals surface area contributed by atoms with Crippen molar-refractivity contribution in [3.8, 4) is 0 Å². The van der Waals surface area contributed by atoms with Crippen LogP contribution < -0.4 is 9.44 Å². The fraction of sp³-hybridized carbons (Fsp3) is 0.875. The van der Waals surface area contributed by atoms with Crippen LogP contribution in [0.15, 0.2) is 0 Å². The third-order valence-corrected chi connectivity index (χ3v) is 3.23. The Hall–Kier alpha value is -0.660. The molecule has 3 N–H and O–H groups in total. The number of carbonyl (C=O) groups is 1. The molecule has 1 atom stereocenters. The van der Waals surface area contributed by atoms with Crippen molar-refractivity contribution in [3.05, 3.63) is 0 Å². The Labute approximate surface area is 89.2 Å². The van der Waals surface area contributed by atoms with Crippen LogP contribution >= 0.6 is 0 Å². The molecule has 6 nitrogen and oxygen atoms in total. The predicted octanol–water partition coefficient (Wildman–Crippen LogP) is -0.316. The lowest BCUT2D eigenvalue weighted by Crippen LogP contribution is -2.40. The van der Waals surface area contributed by atoms with Gasteiger partial charge in [0.15, 0.2) is 0 Å². The Kier molecular flexibility index (Phi) is 4.06. The summed E-state index contributed by atoms with van der Waals surface area (Å²) in [7, 11) is -3.44. The van der Waals surface area contributed by atoms with Crippen molar-refractivity contribution in [2.75, 3.05) is 6.54 Å². The van der Waals surface area contributed by atoms with Gasteiger partial charge in [-0.05, 0) is 18.8 Å². The van der Waals surface area contributed by atoms with Crippen LogP contribution in [0.5, 0.6) is 0 Å². The van der Waals surface area contributed by atoms with E-state index in [9.17, 15) is 13.2 Å². The minimum absolute atomic E-state index is 0.0358. The van der Waals surface area contributed by atoms with Gasteiger partial charge < -0.3 is 5.11 Å². The highest BCUT2D eigenvalue weighted by atomic mass is 32.2. The number of nitrogens with one attached hydrogen (secondary N) is 2. The maximum atomic E-state index is 11.3. The lowest BCUT2D eigenvalue weighted by molar-refractivity contribution is -0.137. The van der Waals surface area contributed by atoms with Gasteiger partial charge in [0.05, 0.1) is 0 Å². The topological polar surface area (TPSA) is 95.5 Å². The third kappa shape index (κ3) is 5.71. The number of hydrogen-bond donors (Lipinski definition) is 3. The molecule has 0 amide bonds. The number of carboxylic acids is 1. The van der Waals surface area contributed by atoms with E-state index in [1.165, 1.54) is 0 Å². The minimum atomic E-state index is -3.44. The molecule has 0 radical (unpaired) electrons. The molecule has 88 valence electrons. The average Bonchev–Trinajstić information content (AvgIpc) is 2.83. The first-order valence-corrected chi connectivity index (χ1v) is 6.36.